The average molecular weight is 387 g/mol. The van der Waals surface area contributed by atoms with Gasteiger partial charge in [0.1, 0.15) is 0 Å². The first-order valence-electron chi connectivity index (χ1n) is 9.63. The summed E-state index contributed by atoms with van der Waals surface area (Å²) >= 11 is 0. The molecule has 5 heteroatoms. The van der Waals surface area contributed by atoms with E-state index in [9.17, 15) is 9.59 Å². The van der Waals surface area contributed by atoms with Gasteiger partial charge in [0, 0.05) is 23.5 Å². The fourth-order valence-electron chi connectivity index (χ4n) is 2.90. The standard InChI is InChI=1S/C24H25N3O2/c1-18-6-5-9-20(16-18)24(29)27-22-12-10-21(11-13-22)26-17-23(28)25-15-14-19-7-3-2-4-8-19/h2-13,16,26H,14-15,17H2,1H3,(H,25,28)(H,27,29). The molecule has 2 amide bonds. The van der Waals surface area contributed by atoms with Crippen LogP contribution in [-0.4, -0.2) is 24.9 Å². The van der Waals surface area contributed by atoms with E-state index in [1.54, 1.807) is 6.07 Å². The molecule has 0 saturated heterocycles. The number of aryl methyl sites for hydroxylation is 1. The van der Waals surface area contributed by atoms with Gasteiger partial charge < -0.3 is 16.0 Å². The van der Waals surface area contributed by atoms with Crippen LogP contribution in [0.15, 0.2) is 78.9 Å². The molecule has 5 nitrogen and oxygen atoms in total. The maximum absolute atomic E-state index is 12.3. The van der Waals surface area contributed by atoms with Gasteiger partial charge in [0.15, 0.2) is 0 Å². The Labute approximate surface area is 171 Å². The third kappa shape index (κ3) is 6.50. The van der Waals surface area contributed by atoms with E-state index in [1.807, 2.05) is 79.7 Å². The minimum Gasteiger partial charge on any atom is -0.376 e. The van der Waals surface area contributed by atoms with Crippen LogP contribution >= 0.6 is 0 Å². The van der Waals surface area contributed by atoms with Gasteiger partial charge in [-0.1, -0.05) is 48.0 Å². The van der Waals surface area contributed by atoms with Crippen molar-refractivity contribution in [1.29, 1.82) is 0 Å². The minimum absolute atomic E-state index is 0.0576. The summed E-state index contributed by atoms with van der Waals surface area (Å²) in [7, 11) is 0. The summed E-state index contributed by atoms with van der Waals surface area (Å²) in [5.74, 6) is -0.204. The Kier molecular flexibility index (Phi) is 7.00. The van der Waals surface area contributed by atoms with Crippen LogP contribution in [0.2, 0.25) is 0 Å². The molecule has 0 aliphatic rings. The highest BCUT2D eigenvalue weighted by molar-refractivity contribution is 6.04. The van der Waals surface area contributed by atoms with Gasteiger partial charge in [-0.2, -0.15) is 0 Å². The van der Waals surface area contributed by atoms with E-state index in [2.05, 4.69) is 16.0 Å². The zero-order valence-electron chi connectivity index (χ0n) is 16.4. The Morgan fingerprint density at radius 2 is 1.55 bits per heavy atom. The maximum Gasteiger partial charge on any atom is 0.255 e. The van der Waals surface area contributed by atoms with Crippen molar-refractivity contribution in [3.8, 4) is 0 Å². The number of rotatable bonds is 8. The predicted octanol–water partition coefficient (Wildman–Crippen LogP) is 4.02. The second kappa shape index (κ2) is 10.1. The molecule has 0 aliphatic carbocycles. The predicted molar refractivity (Wildman–Crippen MR) is 117 cm³/mol. The number of anilines is 2. The summed E-state index contributed by atoms with van der Waals surface area (Å²) in [5.41, 5.74) is 4.38. The molecular formula is C24H25N3O2. The van der Waals surface area contributed by atoms with Gasteiger partial charge in [0.2, 0.25) is 5.91 Å². The van der Waals surface area contributed by atoms with Gasteiger partial charge in [-0.25, -0.2) is 0 Å². The molecule has 3 N–H and O–H groups in total. The van der Waals surface area contributed by atoms with Crippen molar-refractivity contribution in [2.75, 3.05) is 23.7 Å². The third-order valence-electron chi connectivity index (χ3n) is 4.45. The lowest BCUT2D eigenvalue weighted by Crippen LogP contribution is -2.31. The van der Waals surface area contributed by atoms with E-state index in [1.165, 1.54) is 5.56 Å². The van der Waals surface area contributed by atoms with Crippen molar-refractivity contribution in [3.05, 3.63) is 95.6 Å². The molecule has 0 heterocycles. The maximum atomic E-state index is 12.3. The molecule has 0 aliphatic heterocycles. The highest BCUT2D eigenvalue weighted by Gasteiger charge is 2.06. The molecule has 0 radical (unpaired) electrons. The average Bonchev–Trinajstić information content (AvgIpc) is 2.74. The summed E-state index contributed by atoms with van der Waals surface area (Å²) in [5, 5.41) is 8.87. The first-order chi connectivity index (χ1) is 14.1. The highest BCUT2D eigenvalue weighted by Crippen LogP contribution is 2.15. The molecule has 0 spiro atoms. The fraction of sp³-hybridized carbons (Fsp3) is 0.167. The summed E-state index contributed by atoms with van der Waals surface area (Å²) < 4.78 is 0. The summed E-state index contributed by atoms with van der Waals surface area (Å²) in [6.07, 6.45) is 0.807. The Morgan fingerprint density at radius 1 is 0.828 bits per heavy atom. The number of benzene rings is 3. The molecule has 148 valence electrons. The van der Waals surface area contributed by atoms with E-state index in [0.29, 0.717) is 17.8 Å². The van der Waals surface area contributed by atoms with E-state index in [-0.39, 0.29) is 18.4 Å². The van der Waals surface area contributed by atoms with Crippen LogP contribution in [0.1, 0.15) is 21.5 Å². The van der Waals surface area contributed by atoms with E-state index >= 15 is 0 Å². The molecule has 29 heavy (non-hydrogen) atoms. The van der Waals surface area contributed by atoms with Crippen LogP contribution in [0.5, 0.6) is 0 Å². The van der Waals surface area contributed by atoms with Gasteiger partial charge in [-0.15, -0.1) is 0 Å². The summed E-state index contributed by atoms with van der Waals surface area (Å²) in [4.78, 5) is 24.3. The van der Waals surface area contributed by atoms with E-state index < -0.39 is 0 Å². The molecule has 3 rings (SSSR count). The molecule has 0 saturated carbocycles. The molecule has 0 fully saturated rings. The second-order valence-corrected chi connectivity index (χ2v) is 6.84. The zero-order valence-corrected chi connectivity index (χ0v) is 16.4. The molecule has 0 bridgehead atoms. The van der Waals surface area contributed by atoms with E-state index in [4.69, 9.17) is 0 Å². The zero-order chi connectivity index (χ0) is 20.5. The Hall–Kier alpha value is -3.60. The lowest BCUT2D eigenvalue weighted by molar-refractivity contribution is -0.119. The van der Waals surface area contributed by atoms with Crippen LogP contribution in [0, 0.1) is 6.92 Å². The lowest BCUT2D eigenvalue weighted by Gasteiger charge is -2.10. The van der Waals surface area contributed by atoms with Crippen LogP contribution in [-0.2, 0) is 11.2 Å². The third-order valence-corrected chi connectivity index (χ3v) is 4.45. The largest absolute Gasteiger partial charge is 0.376 e. The van der Waals surface area contributed by atoms with Crippen molar-refractivity contribution >= 4 is 23.2 Å². The smallest absolute Gasteiger partial charge is 0.255 e. The first-order valence-corrected chi connectivity index (χ1v) is 9.63. The summed E-state index contributed by atoms with van der Waals surface area (Å²) in [6, 6.07) is 24.8. The number of carbonyl (C=O) groups is 2. The molecule has 0 unspecified atom stereocenters. The molecule has 3 aromatic carbocycles. The number of hydrogen-bond donors (Lipinski definition) is 3. The molecular weight excluding hydrogens is 362 g/mol. The van der Waals surface area contributed by atoms with Crippen LogP contribution in [0.25, 0.3) is 0 Å². The van der Waals surface area contributed by atoms with Gasteiger partial charge in [0.05, 0.1) is 6.54 Å². The van der Waals surface area contributed by atoms with Crippen molar-refractivity contribution in [2.45, 2.75) is 13.3 Å². The van der Waals surface area contributed by atoms with Gasteiger partial charge in [-0.3, -0.25) is 9.59 Å². The van der Waals surface area contributed by atoms with Gasteiger partial charge >= 0.3 is 0 Å². The topological polar surface area (TPSA) is 70.2 Å². The highest BCUT2D eigenvalue weighted by atomic mass is 16.2. The molecule has 0 atom stereocenters. The fourth-order valence-corrected chi connectivity index (χ4v) is 2.90. The SMILES string of the molecule is Cc1cccc(C(=O)Nc2ccc(NCC(=O)NCCc3ccccc3)cc2)c1. The van der Waals surface area contributed by atoms with Gasteiger partial charge in [0.25, 0.3) is 5.91 Å². The Bertz CT molecular complexity index is 953. The molecule has 0 aromatic heterocycles. The van der Waals surface area contributed by atoms with Crippen LogP contribution in [0.3, 0.4) is 0 Å². The first kappa shape index (κ1) is 20.1. The van der Waals surface area contributed by atoms with Gasteiger partial charge in [-0.05, 0) is 55.3 Å². The number of hydrogen-bond acceptors (Lipinski definition) is 3. The second-order valence-electron chi connectivity index (χ2n) is 6.84. The van der Waals surface area contributed by atoms with Crippen LogP contribution < -0.4 is 16.0 Å². The van der Waals surface area contributed by atoms with Crippen molar-refractivity contribution in [1.82, 2.24) is 5.32 Å². The van der Waals surface area contributed by atoms with E-state index in [0.717, 1.165) is 17.7 Å². The normalized spacial score (nSPS) is 10.2. The van der Waals surface area contributed by atoms with Crippen molar-refractivity contribution in [3.63, 3.8) is 0 Å². The number of carbonyl (C=O) groups excluding carboxylic acids is 2. The summed E-state index contributed by atoms with van der Waals surface area (Å²) in [6.45, 7) is 2.76. The lowest BCUT2D eigenvalue weighted by atomic mass is 10.1. The van der Waals surface area contributed by atoms with Crippen molar-refractivity contribution < 1.29 is 9.59 Å². The van der Waals surface area contributed by atoms with Crippen molar-refractivity contribution in [2.24, 2.45) is 0 Å². The van der Waals surface area contributed by atoms with Crippen LogP contribution in [0.4, 0.5) is 11.4 Å². The number of nitrogens with one attached hydrogen (secondary N) is 3. The monoisotopic (exact) mass is 387 g/mol. The molecule has 3 aromatic rings. The Morgan fingerprint density at radius 3 is 2.28 bits per heavy atom. The quantitative estimate of drug-likeness (QED) is 0.547. The number of amides is 2. The Balaban J connectivity index is 1.41. The minimum atomic E-state index is -0.146.